The highest BCUT2D eigenvalue weighted by molar-refractivity contribution is 5.27. The van der Waals surface area contributed by atoms with Gasteiger partial charge in [-0.2, -0.15) is 13.2 Å². The predicted molar refractivity (Wildman–Crippen MR) is 103 cm³/mol. The molecule has 5 heteroatoms. The van der Waals surface area contributed by atoms with Gasteiger partial charge < -0.3 is 10.1 Å². The smallest absolute Gasteiger partial charge is 0.385 e. The van der Waals surface area contributed by atoms with Crippen molar-refractivity contribution in [3.05, 3.63) is 70.8 Å². The van der Waals surface area contributed by atoms with Gasteiger partial charge >= 0.3 is 6.18 Å². The van der Waals surface area contributed by atoms with E-state index >= 15 is 0 Å². The first kappa shape index (κ1) is 21.5. The Kier molecular flexibility index (Phi) is 8.32. The van der Waals surface area contributed by atoms with Crippen molar-refractivity contribution >= 4 is 0 Å². The minimum Gasteiger partial charge on any atom is -0.385 e. The maximum atomic E-state index is 12.7. The summed E-state index contributed by atoms with van der Waals surface area (Å²) >= 11 is 0. The highest BCUT2D eigenvalue weighted by Crippen LogP contribution is 2.29. The molecule has 1 atom stereocenters. The fourth-order valence-electron chi connectivity index (χ4n) is 3.14. The average molecular weight is 379 g/mol. The molecule has 2 aromatic carbocycles. The number of rotatable bonds is 10. The lowest BCUT2D eigenvalue weighted by atomic mass is 9.93. The van der Waals surface area contributed by atoms with E-state index in [1.807, 2.05) is 0 Å². The molecular formula is C22H28F3NO. The molecule has 0 radical (unpaired) electrons. The standard InChI is InChI=1S/C22H28F3NO/c1-3-19(12-14-27-2)20-9-7-18(8-10-20)16-26-13-11-17-5-4-6-21(15-17)22(23,24)25/h4-10,15,19,26H,3,11-14,16H2,1-2H3. The Morgan fingerprint density at radius 1 is 1.04 bits per heavy atom. The van der Waals surface area contributed by atoms with Gasteiger partial charge in [-0.15, -0.1) is 0 Å². The molecule has 0 amide bonds. The highest BCUT2D eigenvalue weighted by atomic mass is 19.4. The van der Waals surface area contributed by atoms with Crippen LogP contribution in [0.25, 0.3) is 0 Å². The van der Waals surface area contributed by atoms with Gasteiger partial charge in [0.2, 0.25) is 0 Å². The van der Waals surface area contributed by atoms with Crippen molar-refractivity contribution in [1.82, 2.24) is 5.32 Å². The van der Waals surface area contributed by atoms with Crippen molar-refractivity contribution in [1.29, 1.82) is 0 Å². The van der Waals surface area contributed by atoms with Gasteiger partial charge in [-0.05, 0) is 54.5 Å². The molecule has 148 valence electrons. The molecule has 2 aromatic rings. The third-order valence-electron chi connectivity index (χ3n) is 4.79. The summed E-state index contributed by atoms with van der Waals surface area (Å²) in [6.07, 6.45) is -1.62. The van der Waals surface area contributed by atoms with Crippen LogP contribution in [0.3, 0.4) is 0 Å². The maximum Gasteiger partial charge on any atom is 0.416 e. The van der Waals surface area contributed by atoms with Crippen molar-refractivity contribution in [3.8, 4) is 0 Å². The van der Waals surface area contributed by atoms with Crippen LogP contribution < -0.4 is 5.32 Å². The third kappa shape index (κ3) is 7.00. The normalized spacial score (nSPS) is 12.9. The average Bonchev–Trinajstić information content (AvgIpc) is 2.66. The second kappa shape index (κ2) is 10.5. The fraction of sp³-hybridized carbons (Fsp3) is 0.455. The number of nitrogens with one attached hydrogen (secondary N) is 1. The molecule has 0 aromatic heterocycles. The molecule has 0 aliphatic heterocycles. The largest absolute Gasteiger partial charge is 0.416 e. The molecule has 0 saturated heterocycles. The van der Waals surface area contributed by atoms with Crippen LogP contribution in [0.2, 0.25) is 0 Å². The number of methoxy groups -OCH3 is 1. The van der Waals surface area contributed by atoms with Gasteiger partial charge in [-0.25, -0.2) is 0 Å². The summed E-state index contributed by atoms with van der Waals surface area (Å²) in [5.41, 5.74) is 2.60. The molecule has 0 spiro atoms. The van der Waals surface area contributed by atoms with E-state index in [2.05, 4.69) is 36.5 Å². The first-order valence-corrected chi connectivity index (χ1v) is 9.38. The van der Waals surface area contributed by atoms with Crippen molar-refractivity contribution < 1.29 is 17.9 Å². The van der Waals surface area contributed by atoms with E-state index in [4.69, 9.17) is 4.74 Å². The van der Waals surface area contributed by atoms with Gasteiger partial charge in [-0.1, -0.05) is 49.4 Å². The predicted octanol–water partition coefficient (Wildman–Crippen LogP) is 5.57. The molecular weight excluding hydrogens is 351 g/mol. The molecule has 1 N–H and O–H groups in total. The van der Waals surface area contributed by atoms with Gasteiger partial charge in [0.15, 0.2) is 0 Å². The molecule has 0 aliphatic rings. The number of hydrogen-bond acceptors (Lipinski definition) is 2. The summed E-state index contributed by atoms with van der Waals surface area (Å²) < 4.78 is 43.4. The van der Waals surface area contributed by atoms with Gasteiger partial charge in [0.1, 0.15) is 0 Å². The molecule has 0 aliphatic carbocycles. The van der Waals surface area contributed by atoms with Crippen LogP contribution in [-0.4, -0.2) is 20.3 Å². The summed E-state index contributed by atoms with van der Waals surface area (Å²) in [5, 5.41) is 3.30. The zero-order chi connectivity index (χ0) is 19.7. The number of hydrogen-bond donors (Lipinski definition) is 1. The van der Waals surface area contributed by atoms with Crippen LogP contribution in [0.4, 0.5) is 13.2 Å². The number of alkyl halides is 3. The van der Waals surface area contributed by atoms with Crippen LogP contribution in [-0.2, 0) is 23.9 Å². The van der Waals surface area contributed by atoms with Gasteiger partial charge in [0.25, 0.3) is 0 Å². The van der Waals surface area contributed by atoms with E-state index in [9.17, 15) is 13.2 Å². The van der Waals surface area contributed by atoms with Crippen LogP contribution in [0.5, 0.6) is 0 Å². The monoisotopic (exact) mass is 379 g/mol. The lowest BCUT2D eigenvalue weighted by Gasteiger charge is -2.15. The Balaban J connectivity index is 1.80. The van der Waals surface area contributed by atoms with Gasteiger partial charge in [0, 0.05) is 20.3 Å². The van der Waals surface area contributed by atoms with Crippen molar-refractivity contribution in [2.24, 2.45) is 0 Å². The fourth-order valence-corrected chi connectivity index (χ4v) is 3.14. The van der Waals surface area contributed by atoms with Crippen LogP contribution >= 0.6 is 0 Å². The Morgan fingerprint density at radius 3 is 2.41 bits per heavy atom. The summed E-state index contributed by atoms with van der Waals surface area (Å²) in [6, 6.07) is 14.1. The lowest BCUT2D eigenvalue weighted by molar-refractivity contribution is -0.137. The Hall–Kier alpha value is -1.85. The zero-order valence-electron chi connectivity index (χ0n) is 16.0. The van der Waals surface area contributed by atoms with Crippen LogP contribution in [0, 0.1) is 0 Å². The number of benzene rings is 2. The SMILES string of the molecule is CCC(CCOC)c1ccc(CNCCc2cccc(C(F)(F)F)c2)cc1. The Labute approximate surface area is 159 Å². The second-order valence-electron chi connectivity index (χ2n) is 6.75. The molecule has 0 heterocycles. The molecule has 0 saturated carbocycles. The van der Waals surface area contributed by atoms with Crippen LogP contribution in [0.1, 0.15) is 47.9 Å². The molecule has 27 heavy (non-hydrogen) atoms. The zero-order valence-corrected chi connectivity index (χ0v) is 16.0. The summed E-state index contributed by atoms with van der Waals surface area (Å²) in [7, 11) is 1.72. The van der Waals surface area contributed by atoms with E-state index in [1.165, 1.54) is 23.3 Å². The Bertz CT molecular complexity index is 683. The summed E-state index contributed by atoms with van der Waals surface area (Å²) in [4.78, 5) is 0. The molecule has 2 nitrogen and oxygen atoms in total. The maximum absolute atomic E-state index is 12.7. The van der Waals surface area contributed by atoms with Gasteiger partial charge in [0.05, 0.1) is 5.56 Å². The Morgan fingerprint density at radius 2 is 1.78 bits per heavy atom. The van der Waals surface area contributed by atoms with Crippen molar-refractivity contribution in [3.63, 3.8) is 0 Å². The third-order valence-corrected chi connectivity index (χ3v) is 4.79. The molecule has 2 rings (SSSR count). The van der Waals surface area contributed by atoms with E-state index in [1.54, 1.807) is 13.2 Å². The van der Waals surface area contributed by atoms with Crippen LogP contribution in [0.15, 0.2) is 48.5 Å². The number of halogens is 3. The lowest BCUT2D eigenvalue weighted by Crippen LogP contribution is -2.17. The van der Waals surface area contributed by atoms with Crippen molar-refractivity contribution in [2.75, 3.05) is 20.3 Å². The van der Waals surface area contributed by atoms with E-state index in [0.29, 0.717) is 31.0 Å². The second-order valence-corrected chi connectivity index (χ2v) is 6.75. The molecule has 1 unspecified atom stereocenters. The summed E-state index contributed by atoms with van der Waals surface area (Å²) in [6.45, 7) is 4.28. The number of ether oxygens (including phenoxy) is 1. The first-order valence-electron chi connectivity index (χ1n) is 9.38. The molecule has 0 fully saturated rings. The van der Waals surface area contributed by atoms with E-state index < -0.39 is 11.7 Å². The topological polar surface area (TPSA) is 21.3 Å². The van der Waals surface area contributed by atoms with Crippen molar-refractivity contribution in [2.45, 2.75) is 44.8 Å². The molecule has 0 bridgehead atoms. The quantitative estimate of drug-likeness (QED) is 0.545. The van der Waals surface area contributed by atoms with E-state index in [0.717, 1.165) is 25.5 Å². The van der Waals surface area contributed by atoms with E-state index in [-0.39, 0.29) is 0 Å². The minimum absolute atomic E-state index is 0.507. The first-order chi connectivity index (χ1) is 12.9. The highest BCUT2D eigenvalue weighted by Gasteiger charge is 2.30. The van der Waals surface area contributed by atoms with Gasteiger partial charge in [-0.3, -0.25) is 0 Å². The summed E-state index contributed by atoms with van der Waals surface area (Å²) in [5.74, 6) is 0.507. The minimum atomic E-state index is -4.29.